The van der Waals surface area contributed by atoms with Crippen molar-refractivity contribution in [2.24, 2.45) is 5.92 Å². The topological polar surface area (TPSA) is 70.2 Å². The van der Waals surface area contributed by atoms with Crippen LogP contribution in [0.5, 0.6) is 0 Å². The molecule has 0 bridgehead atoms. The summed E-state index contributed by atoms with van der Waals surface area (Å²) in [6.45, 7) is 12.4. The molecule has 2 atom stereocenters. The molecule has 140 valence electrons. The van der Waals surface area contributed by atoms with Gasteiger partial charge in [0, 0.05) is 12.1 Å². The van der Waals surface area contributed by atoms with Gasteiger partial charge in [0.2, 0.25) is 5.91 Å². The van der Waals surface area contributed by atoms with Crippen LogP contribution in [-0.4, -0.2) is 24.5 Å². The summed E-state index contributed by atoms with van der Waals surface area (Å²) in [5, 5.41) is 8.24. The van der Waals surface area contributed by atoms with Crippen molar-refractivity contribution in [3.8, 4) is 0 Å². The maximum absolute atomic E-state index is 11.9. The van der Waals surface area contributed by atoms with Gasteiger partial charge in [0.15, 0.2) is 0 Å². The van der Waals surface area contributed by atoms with Crippen LogP contribution in [0.1, 0.15) is 71.0 Å². The molecule has 3 N–H and O–H groups in total. The zero-order valence-electron chi connectivity index (χ0n) is 16.3. The average Bonchev–Trinajstić information content (AvgIpc) is 2.53. The van der Waals surface area contributed by atoms with Gasteiger partial charge in [-0.1, -0.05) is 52.0 Å². The van der Waals surface area contributed by atoms with E-state index < -0.39 is 6.03 Å². The van der Waals surface area contributed by atoms with Gasteiger partial charge >= 0.3 is 6.03 Å². The van der Waals surface area contributed by atoms with E-state index in [1.165, 1.54) is 5.56 Å². The Morgan fingerprint density at radius 3 is 2.00 bits per heavy atom. The summed E-state index contributed by atoms with van der Waals surface area (Å²) in [6.07, 6.45) is 1.11. The largest absolute Gasteiger partial charge is 0.336 e. The van der Waals surface area contributed by atoms with E-state index in [9.17, 15) is 9.59 Å². The normalized spacial score (nSPS) is 13.6. The fraction of sp³-hybridized carbons (Fsp3) is 0.600. The Morgan fingerprint density at radius 1 is 0.960 bits per heavy atom. The molecule has 1 aromatic carbocycles. The molecule has 5 nitrogen and oxygen atoms in total. The van der Waals surface area contributed by atoms with Crippen LogP contribution in [-0.2, 0) is 4.79 Å². The van der Waals surface area contributed by atoms with Crippen LogP contribution in [0.2, 0.25) is 0 Å². The maximum Gasteiger partial charge on any atom is 0.321 e. The molecular formula is C20H33N3O2. The second-order valence-corrected chi connectivity index (χ2v) is 7.25. The molecule has 1 aromatic rings. The average molecular weight is 348 g/mol. The molecule has 0 aliphatic heterocycles. The number of benzene rings is 1. The first-order chi connectivity index (χ1) is 11.7. The number of hydrogen-bond acceptors (Lipinski definition) is 3. The molecule has 1 rings (SSSR count). The van der Waals surface area contributed by atoms with Gasteiger partial charge in [-0.05, 0) is 43.2 Å². The number of rotatable bonds is 8. The first kappa shape index (κ1) is 21.2. The fourth-order valence-corrected chi connectivity index (χ4v) is 2.68. The van der Waals surface area contributed by atoms with Crippen molar-refractivity contribution < 1.29 is 9.59 Å². The summed E-state index contributed by atoms with van der Waals surface area (Å²) in [7, 11) is 0. The molecule has 0 heterocycles. The van der Waals surface area contributed by atoms with Crippen LogP contribution < -0.4 is 16.0 Å². The molecule has 0 saturated carbocycles. The lowest BCUT2D eigenvalue weighted by Crippen LogP contribution is -2.46. The molecule has 0 aromatic heterocycles. The molecule has 5 heteroatoms. The van der Waals surface area contributed by atoms with Crippen LogP contribution in [0.4, 0.5) is 4.79 Å². The van der Waals surface area contributed by atoms with E-state index >= 15 is 0 Å². The third-order valence-electron chi connectivity index (χ3n) is 4.30. The van der Waals surface area contributed by atoms with E-state index in [4.69, 9.17) is 0 Å². The highest BCUT2D eigenvalue weighted by Crippen LogP contribution is 2.25. The lowest BCUT2D eigenvalue weighted by molar-refractivity contribution is -0.119. The minimum Gasteiger partial charge on any atom is -0.336 e. The van der Waals surface area contributed by atoms with E-state index in [0.29, 0.717) is 11.8 Å². The van der Waals surface area contributed by atoms with Crippen LogP contribution in [0.15, 0.2) is 24.3 Å². The summed E-state index contributed by atoms with van der Waals surface area (Å²) >= 11 is 0. The van der Waals surface area contributed by atoms with Crippen molar-refractivity contribution in [2.45, 2.75) is 66.0 Å². The number of carbonyl (C=O) groups excluding carboxylic acids is 2. The number of hydrogen-bond donors (Lipinski definition) is 3. The Kier molecular flexibility index (Phi) is 8.62. The summed E-state index contributed by atoms with van der Waals surface area (Å²) < 4.78 is 0. The summed E-state index contributed by atoms with van der Waals surface area (Å²) in [4.78, 5) is 23.5. The van der Waals surface area contributed by atoms with E-state index in [0.717, 1.165) is 12.0 Å². The van der Waals surface area contributed by atoms with Crippen molar-refractivity contribution in [2.75, 3.05) is 6.54 Å². The Balaban J connectivity index is 2.65. The third-order valence-corrected chi connectivity index (χ3v) is 4.30. The van der Waals surface area contributed by atoms with Gasteiger partial charge in [-0.15, -0.1) is 0 Å². The molecule has 25 heavy (non-hydrogen) atoms. The number of urea groups is 1. The Labute approximate surface area is 152 Å². The number of carbonyl (C=O) groups is 2. The Morgan fingerprint density at radius 2 is 1.52 bits per heavy atom. The lowest BCUT2D eigenvalue weighted by Gasteiger charge is -2.23. The molecule has 3 amide bonds. The van der Waals surface area contributed by atoms with Crippen LogP contribution in [0, 0.1) is 5.92 Å². The molecule has 0 spiro atoms. The van der Waals surface area contributed by atoms with Crippen molar-refractivity contribution in [1.82, 2.24) is 16.0 Å². The monoisotopic (exact) mass is 347 g/mol. The van der Waals surface area contributed by atoms with Crippen molar-refractivity contribution in [3.63, 3.8) is 0 Å². The quantitative estimate of drug-likeness (QED) is 0.671. The highest BCUT2D eigenvalue weighted by molar-refractivity contribution is 5.95. The van der Waals surface area contributed by atoms with Gasteiger partial charge < -0.3 is 10.6 Å². The molecule has 0 saturated heterocycles. The molecular weight excluding hydrogens is 314 g/mol. The van der Waals surface area contributed by atoms with Gasteiger partial charge in [-0.3, -0.25) is 10.1 Å². The molecule has 0 unspecified atom stereocenters. The summed E-state index contributed by atoms with van der Waals surface area (Å²) in [5.41, 5.74) is 2.48. The van der Waals surface area contributed by atoms with Crippen LogP contribution >= 0.6 is 0 Å². The predicted octanol–water partition coefficient (Wildman–Crippen LogP) is 3.72. The zero-order valence-corrected chi connectivity index (χ0v) is 16.3. The second kappa shape index (κ2) is 10.2. The first-order valence-corrected chi connectivity index (χ1v) is 9.18. The third kappa shape index (κ3) is 7.26. The van der Waals surface area contributed by atoms with Crippen molar-refractivity contribution in [3.05, 3.63) is 35.4 Å². The predicted molar refractivity (Wildman–Crippen MR) is 103 cm³/mol. The molecule has 0 aliphatic carbocycles. The SMILES string of the molecule is CC[C@H](C)c1ccc([C@@H](NCC(=O)NC(=O)NC(C)C)C(C)C)cc1. The fourth-order valence-electron chi connectivity index (χ4n) is 2.68. The maximum atomic E-state index is 11.9. The minimum absolute atomic E-state index is 0.00630. The number of amides is 3. The van der Waals surface area contributed by atoms with Gasteiger partial charge in [0.25, 0.3) is 0 Å². The van der Waals surface area contributed by atoms with E-state index in [1.54, 1.807) is 0 Å². The van der Waals surface area contributed by atoms with Gasteiger partial charge in [-0.25, -0.2) is 4.79 Å². The zero-order chi connectivity index (χ0) is 19.0. The van der Waals surface area contributed by atoms with Crippen LogP contribution in [0.25, 0.3) is 0 Å². The number of imide groups is 1. The van der Waals surface area contributed by atoms with E-state index in [-0.39, 0.29) is 24.5 Å². The second-order valence-electron chi connectivity index (χ2n) is 7.25. The van der Waals surface area contributed by atoms with E-state index in [2.05, 4.69) is 67.9 Å². The number of nitrogens with one attached hydrogen (secondary N) is 3. The molecule has 0 aliphatic rings. The van der Waals surface area contributed by atoms with Crippen LogP contribution in [0.3, 0.4) is 0 Å². The van der Waals surface area contributed by atoms with E-state index in [1.807, 2.05) is 13.8 Å². The minimum atomic E-state index is -0.458. The van der Waals surface area contributed by atoms with Gasteiger partial charge in [-0.2, -0.15) is 0 Å². The van der Waals surface area contributed by atoms with Gasteiger partial charge in [0.1, 0.15) is 0 Å². The highest BCUT2D eigenvalue weighted by Gasteiger charge is 2.18. The summed E-state index contributed by atoms with van der Waals surface area (Å²) in [5.74, 6) is 0.538. The molecule has 0 radical (unpaired) electrons. The summed E-state index contributed by atoms with van der Waals surface area (Å²) in [6, 6.07) is 8.18. The van der Waals surface area contributed by atoms with Crippen molar-refractivity contribution >= 4 is 11.9 Å². The van der Waals surface area contributed by atoms with Gasteiger partial charge in [0.05, 0.1) is 6.54 Å². The first-order valence-electron chi connectivity index (χ1n) is 9.18. The van der Waals surface area contributed by atoms with Crippen molar-refractivity contribution in [1.29, 1.82) is 0 Å². The lowest BCUT2D eigenvalue weighted by atomic mass is 9.92. The highest BCUT2D eigenvalue weighted by atomic mass is 16.2. The smallest absolute Gasteiger partial charge is 0.321 e. The Bertz CT molecular complexity index is 553. The Hall–Kier alpha value is -1.88. The standard InChI is InChI=1S/C20H33N3O2/c1-7-15(6)16-8-10-17(11-9-16)19(13(2)3)21-12-18(24)23-20(25)22-14(4)5/h8-11,13-15,19,21H,7,12H2,1-6H3,(H2,22,23,24,25)/t15-,19-/m0/s1. The molecule has 0 fully saturated rings.